The van der Waals surface area contributed by atoms with E-state index in [-0.39, 0.29) is 53.2 Å². The number of hydrogen-bond acceptors (Lipinski definition) is 12. The lowest BCUT2D eigenvalue weighted by Crippen LogP contribution is -2.46. The monoisotopic (exact) mass is 714 g/mol. The minimum absolute atomic E-state index is 0.00668. The van der Waals surface area contributed by atoms with Crippen molar-refractivity contribution < 1.29 is 28.5 Å². The average molecular weight is 715 g/mol. The number of guanidine groups is 1. The van der Waals surface area contributed by atoms with Gasteiger partial charge in [-0.1, -0.05) is 59.1 Å². The smallest absolute Gasteiger partial charge is 0.280 e. The summed E-state index contributed by atoms with van der Waals surface area (Å²) in [6.45, 7) is 20.9. The highest BCUT2D eigenvalue weighted by molar-refractivity contribution is 6.31. The quantitative estimate of drug-likeness (QED) is 0.112. The lowest BCUT2D eigenvalue weighted by Gasteiger charge is -2.36. The van der Waals surface area contributed by atoms with Gasteiger partial charge >= 0.3 is 0 Å². The SMILES string of the molecule is CC(C)(C)CC(C)(C)CCCCCN=C(N)NC(=O)c1nc(Cl)c(N)nc1N.COCCN(CC1CCOC(C)O1)CC1CCOC(C)O1. The summed E-state index contributed by atoms with van der Waals surface area (Å²) in [6, 6.07) is 0. The van der Waals surface area contributed by atoms with Crippen LogP contribution in [0.2, 0.25) is 5.15 Å². The number of carbonyl (C=O) groups excluding carboxylic acids is 1. The first kappa shape index (κ1) is 42.8. The van der Waals surface area contributed by atoms with Gasteiger partial charge in [-0.3, -0.25) is 20.0 Å². The van der Waals surface area contributed by atoms with Crippen LogP contribution in [-0.2, 0) is 23.7 Å². The number of amides is 1. The third kappa shape index (κ3) is 17.9. The number of halogens is 1. The molecule has 7 N–H and O–H groups in total. The van der Waals surface area contributed by atoms with Gasteiger partial charge < -0.3 is 40.9 Å². The van der Waals surface area contributed by atoms with Gasteiger partial charge in [0.15, 0.2) is 41.0 Å². The van der Waals surface area contributed by atoms with Crippen LogP contribution in [0.5, 0.6) is 0 Å². The van der Waals surface area contributed by atoms with Crippen LogP contribution >= 0.6 is 11.6 Å². The van der Waals surface area contributed by atoms with Crippen LogP contribution in [0, 0.1) is 10.8 Å². The predicted octanol–water partition coefficient (Wildman–Crippen LogP) is 4.60. The van der Waals surface area contributed by atoms with E-state index in [9.17, 15) is 4.79 Å². The zero-order valence-corrected chi connectivity index (χ0v) is 31.8. The summed E-state index contributed by atoms with van der Waals surface area (Å²) in [5.74, 6) is -0.780. The Morgan fingerprint density at radius 2 is 1.57 bits per heavy atom. The van der Waals surface area contributed by atoms with Crippen molar-refractivity contribution >= 4 is 35.1 Å². The van der Waals surface area contributed by atoms with Crippen molar-refractivity contribution in [1.29, 1.82) is 0 Å². The summed E-state index contributed by atoms with van der Waals surface area (Å²) in [5.41, 5.74) is 17.4. The first-order chi connectivity index (χ1) is 23.0. The van der Waals surface area contributed by atoms with E-state index in [0.29, 0.717) is 17.4 Å². The zero-order chi connectivity index (χ0) is 36.6. The fraction of sp³-hybridized carbons (Fsp3) is 0.824. The normalized spacial score (nSPS) is 22.0. The number of hydrogen-bond donors (Lipinski definition) is 4. The molecule has 3 heterocycles. The fourth-order valence-corrected chi connectivity index (χ4v) is 6.38. The summed E-state index contributed by atoms with van der Waals surface area (Å²) >= 11 is 5.77. The van der Waals surface area contributed by atoms with E-state index in [2.05, 4.69) is 59.8 Å². The second-order valence-corrected chi connectivity index (χ2v) is 15.1. The van der Waals surface area contributed by atoms with Gasteiger partial charge in [0.05, 0.1) is 32.0 Å². The molecule has 0 radical (unpaired) electrons. The van der Waals surface area contributed by atoms with Crippen molar-refractivity contribution in [3.05, 3.63) is 10.8 Å². The maximum Gasteiger partial charge on any atom is 0.280 e. The molecule has 0 aromatic carbocycles. The topological polar surface area (TPSA) is 195 Å². The maximum absolute atomic E-state index is 12.1. The number of nitrogens with one attached hydrogen (secondary N) is 1. The lowest BCUT2D eigenvalue weighted by molar-refractivity contribution is -0.216. The predicted molar refractivity (Wildman–Crippen MR) is 194 cm³/mol. The van der Waals surface area contributed by atoms with Crippen LogP contribution in [-0.4, -0.2) is 105 Å². The Morgan fingerprint density at radius 1 is 0.980 bits per heavy atom. The van der Waals surface area contributed by atoms with Crippen LogP contribution in [0.15, 0.2) is 4.99 Å². The van der Waals surface area contributed by atoms with Crippen LogP contribution in [0.1, 0.15) is 104 Å². The molecule has 4 unspecified atom stereocenters. The Bertz CT molecular complexity index is 1140. The number of unbranched alkanes of at least 4 members (excludes halogenated alkanes) is 2. The summed E-state index contributed by atoms with van der Waals surface area (Å²) in [7, 11) is 1.73. The van der Waals surface area contributed by atoms with Crippen molar-refractivity contribution in [3.8, 4) is 0 Å². The molecule has 1 amide bonds. The van der Waals surface area contributed by atoms with Crippen LogP contribution in [0.4, 0.5) is 11.6 Å². The molecule has 2 aliphatic rings. The van der Waals surface area contributed by atoms with E-state index >= 15 is 0 Å². The minimum Gasteiger partial charge on any atom is -0.383 e. The Hall–Kier alpha value is -2.33. The van der Waals surface area contributed by atoms with E-state index in [1.807, 2.05) is 13.8 Å². The molecule has 0 aliphatic carbocycles. The molecule has 4 atom stereocenters. The second-order valence-electron chi connectivity index (χ2n) is 14.8. The lowest BCUT2D eigenvalue weighted by atomic mass is 9.73. The van der Waals surface area contributed by atoms with Crippen LogP contribution in [0.3, 0.4) is 0 Å². The molecule has 282 valence electrons. The number of nitrogens with zero attached hydrogens (tertiary/aromatic N) is 4. The van der Waals surface area contributed by atoms with Gasteiger partial charge in [0.2, 0.25) is 0 Å². The highest BCUT2D eigenvalue weighted by Gasteiger charge is 2.27. The molecule has 1 aromatic rings. The van der Waals surface area contributed by atoms with Gasteiger partial charge in [-0.15, -0.1) is 0 Å². The Labute approximate surface area is 298 Å². The molecule has 2 saturated heterocycles. The largest absolute Gasteiger partial charge is 0.383 e. The van der Waals surface area contributed by atoms with Gasteiger partial charge in [-0.2, -0.15) is 0 Å². The molecule has 0 spiro atoms. The molecular formula is C34H63ClN8O6. The Morgan fingerprint density at radius 3 is 2.10 bits per heavy atom. The average Bonchev–Trinajstić information content (AvgIpc) is 2.98. The summed E-state index contributed by atoms with van der Waals surface area (Å²) in [6.07, 6.45) is 7.60. The standard InChI is InChI=1S/C19H34ClN7O.C15H29NO5/c1-18(2,3)11-19(4,5)9-7-6-8-10-24-17(23)27-16(28)12-14(21)26-15(22)13(20)25-12;1-12-18-7-4-14(20-12)10-16(6-9-17-3)11-15-5-8-19-13(2)21-15/h6-11H2,1-5H3,(H4,21,22,26)(H3,23,24,27,28);12-15H,4-11H2,1-3H3. The summed E-state index contributed by atoms with van der Waals surface area (Å²) in [5, 5.41) is 2.34. The summed E-state index contributed by atoms with van der Waals surface area (Å²) in [4.78, 5) is 26.3. The number of nitrogen functional groups attached to an aromatic ring is 2. The van der Waals surface area contributed by atoms with Crippen molar-refractivity contribution in [3.63, 3.8) is 0 Å². The molecular weight excluding hydrogens is 652 g/mol. The number of ether oxygens (including phenoxy) is 5. The molecule has 1 aromatic heterocycles. The van der Waals surface area contributed by atoms with Crippen molar-refractivity contribution in [2.45, 2.75) is 118 Å². The number of methoxy groups -OCH3 is 1. The molecule has 15 heteroatoms. The number of rotatable bonds is 15. The van der Waals surface area contributed by atoms with E-state index in [1.165, 1.54) is 12.8 Å². The van der Waals surface area contributed by atoms with Crippen molar-refractivity contribution in [2.24, 2.45) is 21.6 Å². The molecule has 0 bridgehead atoms. The van der Waals surface area contributed by atoms with E-state index < -0.39 is 5.91 Å². The van der Waals surface area contributed by atoms with Crippen LogP contribution in [0.25, 0.3) is 0 Å². The van der Waals surface area contributed by atoms with E-state index in [4.69, 9.17) is 52.5 Å². The second kappa shape index (κ2) is 21.1. The first-order valence-corrected chi connectivity index (χ1v) is 17.8. The van der Waals surface area contributed by atoms with Crippen LogP contribution < -0.4 is 22.5 Å². The molecule has 2 aliphatic heterocycles. The molecule has 2 fully saturated rings. The van der Waals surface area contributed by atoms with Gasteiger partial charge in [-0.05, 0) is 56.8 Å². The Kier molecular flexibility index (Phi) is 18.5. The first-order valence-electron chi connectivity index (χ1n) is 17.4. The third-order valence-electron chi connectivity index (χ3n) is 8.05. The van der Waals surface area contributed by atoms with Gasteiger partial charge in [0.1, 0.15) is 0 Å². The zero-order valence-electron chi connectivity index (χ0n) is 31.1. The Balaban J connectivity index is 0.000000353. The number of aromatic nitrogens is 2. The summed E-state index contributed by atoms with van der Waals surface area (Å²) < 4.78 is 27.8. The number of nitrogens with two attached hydrogens (primary N) is 3. The number of anilines is 2. The third-order valence-corrected chi connectivity index (χ3v) is 8.33. The van der Waals surface area contributed by atoms with E-state index in [1.54, 1.807) is 7.11 Å². The maximum atomic E-state index is 12.1. The molecule has 49 heavy (non-hydrogen) atoms. The van der Waals surface area contributed by atoms with E-state index in [0.717, 1.165) is 71.6 Å². The van der Waals surface area contributed by atoms with Crippen molar-refractivity contribution in [1.82, 2.24) is 20.2 Å². The van der Waals surface area contributed by atoms with Gasteiger partial charge in [-0.25, -0.2) is 9.97 Å². The highest BCUT2D eigenvalue weighted by atomic mass is 35.5. The molecule has 14 nitrogen and oxygen atoms in total. The molecule has 3 rings (SSSR count). The van der Waals surface area contributed by atoms with Gasteiger partial charge in [0, 0.05) is 33.3 Å². The number of aliphatic imine (C=N–C) groups is 1. The molecule has 0 saturated carbocycles. The fourth-order valence-electron chi connectivity index (χ4n) is 6.25. The minimum atomic E-state index is -0.628. The van der Waals surface area contributed by atoms with Crippen molar-refractivity contribution in [2.75, 3.05) is 64.6 Å². The van der Waals surface area contributed by atoms with Gasteiger partial charge in [0.25, 0.3) is 5.91 Å². The number of carbonyl (C=O) groups is 1. The highest BCUT2D eigenvalue weighted by Crippen LogP contribution is 2.37.